The average molecular weight is 231 g/mol. The smallest absolute Gasteiger partial charge is 0.327 e. The second-order valence-corrected chi connectivity index (χ2v) is 4.50. The van der Waals surface area contributed by atoms with E-state index in [1.165, 1.54) is 16.7 Å². The van der Waals surface area contributed by atoms with E-state index < -0.39 is 29.0 Å². The third-order valence-electron chi connectivity index (χ3n) is 2.56. The van der Waals surface area contributed by atoms with Crippen LogP contribution in [-0.4, -0.2) is 51.1 Å². The number of nitrogens with two attached hydrogens (primary N) is 1. The first-order valence-electron chi connectivity index (χ1n) is 4.19. The lowest BCUT2D eigenvalue weighted by Crippen LogP contribution is -2.82. The number of nitrogens with zero attached hydrogens (tertiary/aromatic N) is 1. The summed E-state index contributed by atoms with van der Waals surface area (Å²) >= 11 is 1.26. The molecule has 0 radical (unpaired) electrons. The zero-order valence-corrected chi connectivity index (χ0v) is 8.36. The van der Waals surface area contributed by atoms with Crippen molar-refractivity contribution in [2.75, 3.05) is 5.75 Å². The first kappa shape index (κ1) is 10.2. The van der Waals surface area contributed by atoms with Crippen molar-refractivity contribution in [3.05, 3.63) is 0 Å². The zero-order valence-electron chi connectivity index (χ0n) is 7.54. The monoisotopic (exact) mass is 231 g/mol. The molecule has 82 valence electrons. The Hall–Kier alpha value is -1.28. The molecule has 7 nitrogen and oxygen atoms in total. The molecule has 2 fully saturated rings. The predicted octanol–water partition coefficient (Wildman–Crippen LogP) is -2.24. The Balaban J connectivity index is 2.19. The number of hydrogen-bond donors (Lipinski definition) is 3. The Labute approximate surface area is 89.0 Å². The summed E-state index contributed by atoms with van der Waals surface area (Å²) in [5, 5.41) is 10.6. The number of nitrogens with one attached hydrogen (secondary N) is 1. The number of hydrogen-bond acceptors (Lipinski definition) is 5. The molecule has 3 atom stereocenters. The van der Waals surface area contributed by atoms with Crippen molar-refractivity contribution < 1.29 is 19.5 Å². The first-order valence-corrected chi connectivity index (χ1v) is 5.24. The summed E-state index contributed by atoms with van der Waals surface area (Å²) in [6.07, 6.45) is 0.351. The lowest BCUT2D eigenvalue weighted by atomic mass is 9.97. The second-order valence-electron chi connectivity index (χ2n) is 3.38. The number of thioether (sulfide) groups is 1. The number of carbonyl (C=O) groups is 3. The van der Waals surface area contributed by atoms with Crippen LogP contribution in [0.2, 0.25) is 0 Å². The lowest BCUT2D eigenvalue weighted by molar-refractivity contribution is -0.166. The minimum Gasteiger partial charge on any atom is -0.480 e. The standard InChI is InChI=1S/C7H9N3O4S/c8-7(9-2-11)5(14)10-3(4(12)13)1-15-6(7)10/h2-3,6H,1,8H2,(H,9,11)(H,12,13). The van der Waals surface area contributed by atoms with Crippen LogP contribution in [0.5, 0.6) is 0 Å². The number of carboxylic acids is 1. The Morgan fingerprint density at radius 2 is 2.47 bits per heavy atom. The lowest BCUT2D eigenvalue weighted by Gasteiger charge is -2.49. The minimum atomic E-state index is -1.43. The van der Waals surface area contributed by atoms with Crippen LogP contribution in [0.25, 0.3) is 0 Å². The molecule has 8 heteroatoms. The van der Waals surface area contributed by atoms with Crippen molar-refractivity contribution in [1.82, 2.24) is 10.2 Å². The van der Waals surface area contributed by atoms with Gasteiger partial charge in [0.25, 0.3) is 5.91 Å². The Bertz CT molecular complexity index is 349. The molecule has 15 heavy (non-hydrogen) atoms. The molecule has 0 aliphatic carbocycles. The minimum absolute atomic E-state index is 0.297. The molecule has 4 N–H and O–H groups in total. The van der Waals surface area contributed by atoms with Gasteiger partial charge in [0.15, 0.2) is 5.66 Å². The van der Waals surface area contributed by atoms with Crippen LogP contribution in [0.15, 0.2) is 0 Å². The predicted molar refractivity (Wildman–Crippen MR) is 50.6 cm³/mol. The van der Waals surface area contributed by atoms with Crippen molar-refractivity contribution >= 4 is 30.0 Å². The summed E-state index contributed by atoms with van der Waals surface area (Å²) in [7, 11) is 0. The molecule has 2 aliphatic rings. The van der Waals surface area contributed by atoms with Crippen molar-refractivity contribution in [2.45, 2.75) is 17.1 Å². The van der Waals surface area contributed by atoms with Crippen LogP contribution in [-0.2, 0) is 14.4 Å². The van der Waals surface area contributed by atoms with Gasteiger partial charge in [0, 0.05) is 5.75 Å². The number of rotatable bonds is 3. The van der Waals surface area contributed by atoms with Gasteiger partial charge in [-0.25, -0.2) is 4.79 Å². The highest BCUT2D eigenvalue weighted by Gasteiger charge is 2.65. The Morgan fingerprint density at radius 3 is 3.00 bits per heavy atom. The zero-order chi connectivity index (χ0) is 11.2. The van der Waals surface area contributed by atoms with Crippen molar-refractivity contribution in [1.29, 1.82) is 0 Å². The fourth-order valence-corrected chi connectivity index (χ4v) is 3.28. The molecule has 2 saturated heterocycles. The highest BCUT2D eigenvalue weighted by Crippen LogP contribution is 2.43. The third kappa shape index (κ3) is 1.15. The van der Waals surface area contributed by atoms with E-state index in [9.17, 15) is 14.4 Å². The maximum Gasteiger partial charge on any atom is 0.327 e. The van der Waals surface area contributed by atoms with Gasteiger partial charge in [-0.1, -0.05) is 0 Å². The maximum atomic E-state index is 11.6. The molecule has 0 aromatic heterocycles. The van der Waals surface area contributed by atoms with E-state index in [0.717, 1.165) is 0 Å². The van der Waals surface area contributed by atoms with Crippen molar-refractivity contribution in [3.63, 3.8) is 0 Å². The van der Waals surface area contributed by atoms with E-state index in [-0.39, 0.29) is 0 Å². The Kier molecular flexibility index (Phi) is 2.12. The van der Waals surface area contributed by atoms with Crippen LogP contribution in [0.3, 0.4) is 0 Å². The molecule has 0 bridgehead atoms. The van der Waals surface area contributed by atoms with Gasteiger partial charge in [0.05, 0.1) is 0 Å². The van der Waals surface area contributed by atoms with Gasteiger partial charge in [0.2, 0.25) is 6.41 Å². The van der Waals surface area contributed by atoms with E-state index in [1.54, 1.807) is 0 Å². The number of fused-ring (bicyclic) bond motifs is 1. The number of β-lactam (4-membered cyclic amide) rings is 1. The Morgan fingerprint density at radius 1 is 1.80 bits per heavy atom. The molecular weight excluding hydrogens is 222 g/mol. The highest BCUT2D eigenvalue weighted by molar-refractivity contribution is 8.00. The normalized spacial score (nSPS) is 38.2. The molecule has 2 amide bonds. The van der Waals surface area contributed by atoms with Crippen molar-refractivity contribution in [2.24, 2.45) is 5.73 Å². The first-order chi connectivity index (χ1) is 7.02. The van der Waals surface area contributed by atoms with E-state index in [1.807, 2.05) is 0 Å². The molecule has 2 heterocycles. The van der Waals surface area contributed by atoms with Crippen LogP contribution < -0.4 is 11.1 Å². The van der Waals surface area contributed by atoms with Gasteiger partial charge in [-0.3, -0.25) is 15.3 Å². The SMILES string of the molecule is NC1(NC=O)C(=O)N2C(C(=O)O)CSC21. The number of carboxylic acid groups (broad SMARTS) is 1. The van der Waals surface area contributed by atoms with Gasteiger partial charge in [0.1, 0.15) is 11.4 Å². The van der Waals surface area contributed by atoms with Gasteiger partial charge >= 0.3 is 5.97 Å². The van der Waals surface area contributed by atoms with Gasteiger partial charge in [-0.2, -0.15) is 0 Å². The summed E-state index contributed by atoms with van der Waals surface area (Å²) < 4.78 is 0. The van der Waals surface area contributed by atoms with Gasteiger partial charge in [-0.05, 0) is 0 Å². The number of aliphatic carboxylic acids is 1. The van der Waals surface area contributed by atoms with Crippen LogP contribution >= 0.6 is 11.8 Å². The van der Waals surface area contributed by atoms with Crippen molar-refractivity contribution in [3.8, 4) is 0 Å². The summed E-state index contributed by atoms with van der Waals surface area (Å²) in [6, 6.07) is -0.836. The van der Waals surface area contributed by atoms with Crippen LogP contribution in [0.1, 0.15) is 0 Å². The second kappa shape index (κ2) is 3.11. The average Bonchev–Trinajstić information content (AvgIpc) is 2.59. The summed E-state index contributed by atoms with van der Waals surface area (Å²) in [5.41, 5.74) is 4.22. The van der Waals surface area contributed by atoms with Gasteiger partial charge in [-0.15, -0.1) is 11.8 Å². The fraction of sp³-hybridized carbons (Fsp3) is 0.571. The maximum absolute atomic E-state index is 11.6. The van der Waals surface area contributed by atoms with Crippen LogP contribution in [0.4, 0.5) is 0 Å². The summed E-state index contributed by atoms with van der Waals surface area (Å²) in [6.45, 7) is 0. The largest absolute Gasteiger partial charge is 0.480 e. The molecule has 0 aromatic carbocycles. The molecule has 2 aliphatic heterocycles. The fourth-order valence-electron chi connectivity index (χ4n) is 1.78. The number of amides is 2. The third-order valence-corrected chi connectivity index (χ3v) is 3.98. The quantitative estimate of drug-likeness (QED) is 0.287. The molecule has 0 saturated carbocycles. The highest BCUT2D eigenvalue weighted by atomic mass is 32.2. The molecular formula is C7H9N3O4S. The van der Waals surface area contributed by atoms with E-state index in [4.69, 9.17) is 10.8 Å². The summed E-state index contributed by atoms with van der Waals surface area (Å²) in [5.74, 6) is -1.30. The topological polar surface area (TPSA) is 113 Å². The molecule has 3 unspecified atom stereocenters. The van der Waals surface area contributed by atoms with Crippen LogP contribution in [0, 0.1) is 0 Å². The van der Waals surface area contributed by atoms with Gasteiger partial charge < -0.3 is 15.3 Å². The number of carbonyl (C=O) groups excluding carboxylic acids is 2. The molecule has 2 rings (SSSR count). The van der Waals surface area contributed by atoms with E-state index >= 15 is 0 Å². The van der Waals surface area contributed by atoms with E-state index in [2.05, 4.69) is 5.32 Å². The van der Waals surface area contributed by atoms with E-state index in [0.29, 0.717) is 12.2 Å². The molecule has 0 aromatic rings. The summed E-state index contributed by atoms with van der Waals surface area (Å²) in [4.78, 5) is 33.8. The molecule has 0 spiro atoms.